The van der Waals surface area contributed by atoms with Gasteiger partial charge in [0.2, 0.25) is 0 Å². The van der Waals surface area contributed by atoms with E-state index in [1.807, 2.05) is 0 Å². The Hall–Kier alpha value is -3.97. The van der Waals surface area contributed by atoms with Crippen LogP contribution < -0.4 is 16.0 Å². The zero-order chi connectivity index (χ0) is 24.0. The maximum Gasteiger partial charge on any atom is 0.277 e. The van der Waals surface area contributed by atoms with Gasteiger partial charge in [0.25, 0.3) is 23.2 Å². The molecule has 1 atom stereocenters. The molecule has 0 aromatic heterocycles. The number of carbonyl (C=O) groups is 2. The minimum absolute atomic E-state index is 0.0309. The second-order valence-electron chi connectivity index (χ2n) is 7.08. The summed E-state index contributed by atoms with van der Waals surface area (Å²) < 4.78 is 5.46. The average Bonchev–Trinajstić information content (AvgIpc) is 3.31. The van der Waals surface area contributed by atoms with E-state index in [1.54, 1.807) is 24.3 Å². The van der Waals surface area contributed by atoms with E-state index in [0.29, 0.717) is 24.4 Å². The maximum absolute atomic E-state index is 12.4. The number of nitrogens with one attached hydrogen (secondary N) is 3. The van der Waals surface area contributed by atoms with Crippen LogP contribution in [0.3, 0.4) is 0 Å². The van der Waals surface area contributed by atoms with Crippen LogP contribution in [0, 0.1) is 20.2 Å². The lowest BCUT2D eigenvalue weighted by Crippen LogP contribution is -2.34. The molecule has 3 rings (SSSR count). The van der Waals surface area contributed by atoms with Gasteiger partial charge in [0.05, 0.1) is 27.6 Å². The second kappa shape index (κ2) is 10.6. The van der Waals surface area contributed by atoms with Crippen molar-refractivity contribution in [3.63, 3.8) is 0 Å². The first-order chi connectivity index (χ1) is 15.7. The molecule has 0 saturated carbocycles. The molecule has 0 radical (unpaired) electrons. The van der Waals surface area contributed by atoms with Crippen LogP contribution in [0.5, 0.6) is 0 Å². The average molecular weight is 473 g/mol. The number of hydrogen-bond acceptors (Lipinski definition) is 8. The van der Waals surface area contributed by atoms with Crippen LogP contribution in [0.15, 0.2) is 42.5 Å². The fraction of sp³-hybridized carbons (Fsp3) is 0.250. The van der Waals surface area contributed by atoms with Crippen molar-refractivity contribution in [2.75, 3.05) is 18.5 Å². The summed E-state index contributed by atoms with van der Waals surface area (Å²) in [5.41, 5.74) is -0.583. The third kappa shape index (κ3) is 6.51. The van der Waals surface area contributed by atoms with E-state index >= 15 is 0 Å². The Morgan fingerprint density at radius 3 is 2.18 bits per heavy atom. The molecule has 0 spiro atoms. The largest absolute Gasteiger partial charge is 0.376 e. The van der Waals surface area contributed by atoms with Gasteiger partial charge in [-0.2, -0.15) is 0 Å². The van der Waals surface area contributed by atoms with E-state index in [-0.39, 0.29) is 22.7 Å². The van der Waals surface area contributed by atoms with Crippen molar-refractivity contribution in [2.24, 2.45) is 0 Å². The fourth-order valence-corrected chi connectivity index (χ4v) is 3.30. The van der Waals surface area contributed by atoms with Crippen LogP contribution in [0.25, 0.3) is 0 Å². The Morgan fingerprint density at radius 2 is 1.64 bits per heavy atom. The smallest absolute Gasteiger partial charge is 0.277 e. The minimum atomic E-state index is -0.857. The lowest BCUT2D eigenvalue weighted by atomic mass is 10.1. The van der Waals surface area contributed by atoms with Crippen LogP contribution in [0.4, 0.5) is 17.1 Å². The topological polar surface area (TPSA) is 166 Å². The molecule has 1 heterocycles. The number of carbonyl (C=O) groups excluding carboxylic acids is 2. The predicted molar refractivity (Wildman–Crippen MR) is 121 cm³/mol. The number of thiocarbonyl (C=S) groups is 1. The van der Waals surface area contributed by atoms with Crippen molar-refractivity contribution in [3.05, 3.63) is 73.8 Å². The van der Waals surface area contributed by atoms with Gasteiger partial charge in [-0.25, -0.2) is 0 Å². The molecule has 172 valence electrons. The zero-order valence-electron chi connectivity index (χ0n) is 17.1. The zero-order valence-corrected chi connectivity index (χ0v) is 17.9. The number of amides is 2. The van der Waals surface area contributed by atoms with Crippen molar-refractivity contribution in [1.29, 1.82) is 0 Å². The van der Waals surface area contributed by atoms with Gasteiger partial charge in [0, 0.05) is 36.5 Å². The van der Waals surface area contributed by atoms with Gasteiger partial charge in [-0.3, -0.25) is 35.1 Å². The first-order valence-corrected chi connectivity index (χ1v) is 10.2. The van der Waals surface area contributed by atoms with Crippen molar-refractivity contribution in [3.8, 4) is 0 Å². The summed E-state index contributed by atoms with van der Waals surface area (Å²) in [4.78, 5) is 44.9. The van der Waals surface area contributed by atoms with E-state index in [4.69, 9.17) is 17.0 Å². The van der Waals surface area contributed by atoms with Gasteiger partial charge in [-0.05, 0) is 49.3 Å². The van der Waals surface area contributed by atoms with Crippen molar-refractivity contribution in [1.82, 2.24) is 10.6 Å². The molecule has 2 aromatic rings. The summed E-state index contributed by atoms with van der Waals surface area (Å²) in [7, 11) is 0. The lowest BCUT2D eigenvalue weighted by Gasteiger charge is -2.12. The van der Waals surface area contributed by atoms with Crippen LogP contribution >= 0.6 is 12.2 Å². The molecular weight excluding hydrogens is 454 g/mol. The molecule has 0 aliphatic carbocycles. The number of nitro benzene ring substituents is 2. The quantitative estimate of drug-likeness (QED) is 0.311. The van der Waals surface area contributed by atoms with Crippen LogP contribution in [-0.4, -0.2) is 46.0 Å². The van der Waals surface area contributed by atoms with Crippen LogP contribution in [0.2, 0.25) is 0 Å². The van der Waals surface area contributed by atoms with Crippen molar-refractivity contribution in [2.45, 2.75) is 18.9 Å². The van der Waals surface area contributed by atoms with Gasteiger partial charge in [0.15, 0.2) is 5.11 Å². The number of hydrogen-bond donors (Lipinski definition) is 3. The van der Waals surface area contributed by atoms with Gasteiger partial charge >= 0.3 is 0 Å². The molecule has 1 aliphatic rings. The van der Waals surface area contributed by atoms with E-state index < -0.39 is 27.1 Å². The summed E-state index contributed by atoms with van der Waals surface area (Å²) in [6.45, 7) is 1.14. The molecule has 33 heavy (non-hydrogen) atoms. The third-order valence-corrected chi connectivity index (χ3v) is 4.94. The molecule has 2 aromatic carbocycles. The van der Waals surface area contributed by atoms with E-state index in [1.165, 1.54) is 0 Å². The summed E-state index contributed by atoms with van der Waals surface area (Å²) in [6, 6.07) is 8.88. The standard InChI is InChI=1S/C20H19N5O7S/c26-18(21-11-17-2-1-7-32-17)12-3-5-14(6-4-12)22-20(33)23-19(27)13-8-15(24(28)29)10-16(9-13)25(30)31/h3-6,8-10,17H,1-2,7,11H2,(H,21,26)(H2,22,23,27,33). The highest BCUT2D eigenvalue weighted by Gasteiger charge is 2.20. The SMILES string of the molecule is O=C(NCC1CCCO1)c1ccc(NC(=S)NC(=O)c2cc([N+](=O)[O-])cc([N+](=O)[O-])c2)cc1. The van der Waals surface area contributed by atoms with E-state index in [2.05, 4.69) is 16.0 Å². The predicted octanol–water partition coefficient (Wildman–Crippen LogP) is 2.54. The van der Waals surface area contributed by atoms with Gasteiger partial charge < -0.3 is 15.4 Å². The first kappa shape index (κ1) is 23.7. The highest BCUT2D eigenvalue weighted by atomic mass is 32.1. The van der Waals surface area contributed by atoms with Gasteiger partial charge in [-0.1, -0.05) is 0 Å². The van der Waals surface area contributed by atoms with Crippen molar-refractivity contribution >= 4 is 46.2 Å². The molecule has 1 unspecified atom stereocenters. The van der Waals surface area contributed by atoms with E-state index in [9.17, 15) is 29.8 Å². The first-order valence-electron chi connectivity index (χ1n) is 9.79. The Morgan fingerprint density at radius 1 is 1.00 bits per heavy atom. The molecule has 1 saturated heterocycles. The summed E-state index contributed by atoms with van der Waals surface area (Å²) >= 11 is 5.06. The van der Waals surface area contributed by atoms with Crippen LogP contribution in [0.1, 0.15) is 33.6 Å². The molecule has 2 amide bonds. The molecule has 13 heteroatoms. The van der Waals surface area contributed by atoms with Gasteiger partial charge in [0.1, 0.15) is 0 Å². The van der Waals surface area contributed by atoms with E-state index in [0.717, 1.165) is 31.0 Å². The third-order valence-electron chi connectivity index (χ3n) is 4.73. The number of anilines is 1. The highest BCUT2D eigenvalue weighted by molar-refractivity contribution is 7.80. The Bertz CT molecular complexity index is 1070. The minimum Gasteiger partial charge on any atom is -0.376 e. The van der Waals surface area contributed by atoms with Gasteiger partial charge in [-0.15, -0.1) is 0 Å². The Labute approximate surface area is 192 Å². The molecular formula is C20H19N5O7S. The number of ether oxygens (including phenoxy) is 1. The maximum atomic E-state index is 12.4. The molecule has 3 N–H and O–H groups in total. The normalized spacial score (nSPS) is 14.8. The molecule has 1 aliphatic heterocycles. The highest BCUT2D eigenvalue weighted by Crippen LogP contribution is 2.22. The number of benzene rings is 2. The number of nitro groups is 2. The molecule has 0 bridgehead atoms. The summed E-state index contributed by atoms with van der Waals surface area (Å²) in [5, 5.41) is 29.7. The molecule has 1 fully saturated rings. The van der Waals surface area contributed by atoms with Crippen molar-refractivity contribution < 1.29 is 24.2 Å². The van der Waals surface area contributed by atoms with Crippen LogP contribution in [-0.2, 0) is 4.74 Å². The number of rotatable bonds is 7. The Balaban J connectivity index is 1.58. The summed E-state index contributed by atoms with van der Waals surface area (Å²) in [5.74, 6) is -1.11. The monoisotopic (exact) mass is 473 g/mol. The fourth-order valence-electron chi connectivity index (χ4n) is 3.09. The second-order valence-corrected chi connectivity index (χ2v) is 7.49. The Kier molecular flexibility index (Phi) is 7.58. The molecule has 12 nitrogen and oxygen atoms in total. The number of nitrogens with zero attached hydrogens (tertiary/aromatic N) is 2. The number of non-ortho nitro benzene ring substituents is 2. The lowest BCUT2D eigenvalue weighted by molar-refractivity contribution is -0.394. The summed E-state index contributed by atoms with van der Waals surface area (Å²) in [6.07, 6.45) is 1.93.